The molecule has 2 aromatic heterocycles. The van der Waals surface area contributed by atoms with Crippen molar-refractivity contribution >= 4 is 32.0 Å². The maximum absolute atomic E-state index is 13.3. The second-order valence-electron chi connectivity index (χ2n) is 7.91. The Morgan fingerprint density at radius 2 is 1.72 bits per heavy atom. The molecule has 7 heteroatoms. The number of para-hydroxylation sites is 3. The average molecular weight is 404 g/mol. The summed E-state index contributed by atoms with van der Waals surface area (Å²) < 4.78 is 30.4. The van der Waals surface area contributed by atoms with Crippen LogP contribution in [0.5, 0.6) is 0 Å². The van der Waals surface area contributed by atoms with Crippen molar-refractivity contribution in [2.24, 2.45) is 0 Å². The molecule has 2 aromatic carbocycles. The summed E-state index contributed by atoms with van der Waals surface area (Å²) in [5.74, 6) is 1.62. The summed E-state index contributed by atoms with van der Waals surface area (Å²) in [4.78, 5) is 9.46. The van der Waals surface area contributed by atoms with E-state index in [1.165, 1.54) is 12.8 Å². The van der Waals surface area contributed by atoms with Crippen LogP contribution in [0.1, 0.15) is 30.6 Å². The quantitative estimate of drug-likeness (QED) is 0.520. The Morgan fingerprint density at radius 1 is 0.931 bits per heavy atom. The van der Waals surface area contributed by atoms with Gasteiger partial charge < -0.3 is 4.57 Å². The zero-order valence-electron chi connectivity index (χ0n) is 15.8. The minimum atomic E-state index is -3.59. The number of fused-ring (bicyclic) bond motifs is 2. The third kappa shape index (κ3) is 2.61. The molecule has 0 N–H and O–H groups in total. The van der Waals surface area contributed by atoms with Crippen LogP contribution in [0.2, 0.25) is 0 Å². The number of hydrogen-bond donors (Lipinski definition) is 0. The van der Waals surface area contributed by atoms with Gasteiger partial charge in [-0.15, -0.1) is 0 Å². The summed E-state index contributed by atoms with van der Waals surface area (Å²) in [7, 11) is -3.59. The van der Waals surface area contributed by atoms with Gasteiger partial charge in [-0.25, -0.2) is 13.4 Å². The normalized spacial score (nSPS) is 18.3. The van der Waals surface area contributed by atoms with Crippen LogP contribution in [0.3, 0.4) is 0 Å². The van der Waals surface area contributed by atoms with E-state index >= 15 is 0 Å². The second-order valence-corrected chi connectivity index (χ2v) is 9.82. The first-order chi connectivity index (χ1) is 14.1. The molecule has 1 saturated carbocycles. The van der Waals surface area contributed by atoms with Crippen LogP contribution in [0, 0.1) is 0 Å². The van der Waals surface area contributed by atoms with Gasteiger partial charge in [0.15, 0.2) is 0 Å². The number of sulfonamides is 1. The Hall–Kier alpha value is -2.77. The fourth-order valence-corrected chi connectivity index (χ4v) is 5.96. The van der Waals surface area contributed by atoms with Crippen LogP contribution in [0.15, 0.2) is 65.7 Å². The molecule has 2 aliphatic rings. The van der Waals surface area contributed by atoms with Gasteiger partial charge in [0.25, 0.3) is 0 Å². The third-order valence-electron chi connectivity index (χ3n) is 5.97. The molecule has 29 heavy (non-hydrogen) atoms. The summed E-state index contributed by atoms with van der Waals surface area (Å²) in [5.41, 5.74) is 2.63. The topological polar surface area (TPSA) is 68.1 Å². The molecule has 0 radical (unpaired) electrons. The van der Waals surface area contributed by atoms with E-state index in [0.29, 0.717) is 24.5 Å². The number of hydrogen-bond acceptors (Lipinski definition) is 4. The molecule has 146 valence electrons. The number of aromatic nitrogens is 3. The zero-order valence-corrected chi connectivity index (χ0v) is 16.6. The molecular formula is C22H20N4O2S. The zero-order chi connectivity index (χ0) is 19.6. The molecule has 1 aliphatic heterocycles. The van der Waals surface area contributed by atoms with Crippen molar-refractivity contribution in [2.75, 3.05) is 13.1 Å². The van der Waals surface area contributed by atoms with E-state index < -0.39 is 10.0 Å². The van der Waals surface area contributed by atoms with Gasteiger partial charge in [-0.05, 0) is 37.1 Å². The molecule has 1 aliphatic carbocycles. The van der Waals surface area contributed by atoms with Crippen molar-refractivity contribution in [1.29, 1.82) is 0 Å². The molecule has 6 nitrogen and oxygen atoms in total. The fourth-order valence-electron chi connectivity index (χ4n) is 4.28. The van der Waals surface area contributed by atoms with E-state index in [1.54, 1.807) is 22.6 Å². The van der Waals surface area contributed by atoms with Crippen LogP contribution in [0.25, 0.3) is 21.9 Å². The van der Waals surface area contributed by atoms with Gasteiger partial charge in [0, 0.05) is 30.6 Å². The highest BCUT2D eigenvalue weighted by Crippen LogP contribution is 2.43. The third-order valence-corrected chi connectivity index (χ3v) is 7.84. The summed E-state index contributed by atoms with van der Waals surface area (Å²) >= 11 is 0. The Kier molecular flexibility index (Phi) is 3.61. The summed E-state index contributed by atoms with van der Waals surface area (Å²) in [6.45, 7) is 0.928. The molecule has 3 heterocycles. The SMILES string of the molecule is O=S(=O)(c1cccc2cccnc12)N1CC(n2c(C3CC3)nc3ccccc32)C1. The Morgan fingerprint density at radius 3 is 2.55 bits per heavy atom. The van der Waals surface area contributed by atoms with Crippen LogP contribution in [-0.4, -0.2) is 40.3 Å². The maximum atomic E-state index is 13.3. The maximum Gasteiger partial charge on any atom is 0.245 e. The van der Waals surface area contributed by atoms with Crippen molar-refractivity contribution in [3.05, 3.63) is 66.6 Å². The van der Waals surface area contributed by atoms with E-state index in [0.717, 1.165) is 22.2 Å². The number of pyridine rings is 1. The summed E-state index contributed by atoms with van der Waals surface area (Å²) in [6, 6.07) is 17.3. The van der Waals surface area contributed by atoms with E-state index in [1.807, 2.05) is 36.4 Å². The van der Waals surface area contributed by atoms with E-state index in [-0.39, 0.29) is 10.9 Å². The Balaban J connectivity index is 1.35. The predicted octanol–water partition coefficient (Wildman–Crippen LogP) is 3.71. The molecule has 1 saturated heterocycles. The smallest absolute Gasteiger partial charge is 0.245 e. The van der Waals surface area contributed by atoms with Gasteiger partial charge in [-0.1, -0.05) is 30.3 Å². The molecule has 6 rings (SSSR count). The summed E-state index contributed by atoms with van der Waals surface area (Å²) in [6.07, 6.45) is 3.97. The number of rotatable bonds is 4. The minimum absolute atomic E-state index is 0.121. The highest BCUT2D eigenvalue weighted by molar-refractivity contribution is 7.89. The molecule has 0 amide bonds. The van der Waals surface area contributed by atoms with Gasteiger partial charge >= 0.3 is 0 Å². The number of nitrogens with zero attached hydrogens (tertiary/aromatic N) is 4. The van der Waals surface area contributed by atoms with Crippen LogP contribution in [-0.2, 0) is 10.0 Å². The number of benzene rings is 2. The monoisotopic (exact) mass is 404 g/mol. The fraction of sp³-hybridized carbons (Fsp3) is 0.273. The lowest BCUT2D eigenvalue weighted by Crippen LogP contribution is -2.50. The van der Waals surface area contributed by atoms with Crippen LogP contribution >= 0.6 is 0 Å². The largest absolute Gasteiger partial charge is 0.322 e. The lowest BCUT2D eigenvalue weighted by Gasteiger charge is -2.39. The van der Waals surface area contributed by atoms with Crippen molar-refractivity contribution in [1.82, 2.24) is 18.8 Å². The lowest BCUT2D eigenvalue weighted by atomic mass is 10.1. The van der Waals surface area contributed by atoms with Gasteiger partial charge in [-0.3, -0.25) is 4.98 Å². The molecule has 0 unspecified atom stereocenters. The van der Waals surface area contributed by atoms with Gasteiger partial charge in [-0.2, -0.15) is 4.31 Å². The molecular weight excluding hydrogens is 384 g/mol. The first-order valence-electron chi connectivity index (χ1n) is 9.94. The van der Waals surface area contributed by atoms with Crippen molar-refractivity contribution in [3.63, 3.8) is 0 Å². The van der Waals surface area contributed by atoms with Gasteiger partial charge in [0.1, 0.15) is 10.7 Å². The van der Waals surface area contributed by atoms with Gasteiger partial charge in [0.05, 0.1) is 22.6 Å². The van der Waals surface area contributed by atoms with E-state index in [4.69, 9.17) is 4.98 Å². The standard InChI is InChI=1S/C22H20N4O2S/c27-29(28,20-9-3-5-15-6-4-12-23-21(15)20)25-13-17(14-25)26-19-8-2-1-7-18(19)24-22(26)16-10-11-16/h1-9,12,16-17H,10-11,13-14H2. The van der Waals surface area contributed by atoms with Crippen LogP contribution in [0.4, 0.5) is 0 Å². The molecule has 0 spiro atoms. The Bertz CT molecular complexity index is 1350. The first kappa shape index (κ1) is 17.1. The van der Waals surface area contributed by atoms with Gasteiger partial charge in [0.2, 0.25) is 10.0 Å². The Labute approximate surface area is 168 Å². The second kappa shape index (κ2) is 6.11. The average Bonchev–Trinajstić information content (AvgIpc) is 3.48. The number of imidazole rings is 1. The molecule has 0 atom stereocenters. The highest BCUT2D eigenvalue weighted by atomic mass is 32.2. The first-order valence-corrected chi connectivity index (χ1v) is 11.4. The highest BCUT2D eigenvalue weighted by Gasteiger charge is 2.41. The van der Waals surface area contributed by atoms with E-state index in [9.17, 15) is 8.42 Å². The van der Waals surface area contributed by atoms with E-state index in [2.05, 4.69) is 15.6 Å². The van der Waals surface area contributed by atoms with Crippen molar-refractivity contribution < 1.29 is 8.42 Å². The summed E-state index contributed by atoms with van der Waals surface area (Å²) in [5, 5.41) is 0.835. The molecule has 2 fully saturated rings. The molecule has 0 bridgehead atoms. The lowest BCUT2D eigenvalue weighted by molar-refractivity contribution is 0.205. The van der Waals surface area contributed by atoms with Crippen LogP contribution < -0.4 is 0 Å². The molecule has 4 aromatic rings. The van der Waals surface area contributed by atoms with Crippen molar-refractivity contribution in [3.8, 4) is 0 Å². The predicted molar refractivity (Wildman–Crippen MR) is 111 cm³/mol. The minimum Gasteiger partial charge on any atom is -0.322 e. The van der Waals surface area contributed by atoms with Crippen molar-refractivity contribution in [2.45, 2.75) is 29.7 Å².